The second kappa shape index (κ2) is 20.7. The zero-order chi connectivity index (χ0) is 25.8. The molecule has 0 spiro atoms. The third-order valence-corrected chi connectivity index (χ3v) is 5.61. The molecule has 1 fully saturated rings. The lowest BCUT2D eigenvalue weighted by atomic mass is 10.00. The van der Waals surface area contributed by atoms with Crippen LogP contribution >= 0.6 is 0 Å². The molecule has 0 radical (unpaired) electrons. The summed E-state index contributed by atoms with van der Waals surface area (Å²) in [7, 11) is 1.59. The molecule has 1 unspecified atom stereocenters. The van der Waals surface area contributed by atoms with Gasteiger partial charge >= 0.3 is 5.97 Å². The molecule has 0 aliphatic carbocycles. The first-order valence-electron chi connectivity index (χ1n) is 12.6. The van der Waals surface area contributed by atoms with Crippen molar-refractivity contribution in [3.05, 3.63) is 11.6 Å². The van der Waals surface area contributed by atoms with E-state index in [2.05, 4.69) is 37.9 Å². The lowest BCUT2D eigenvalue weighted by molar-refractivity contribution is -0.133. The predicted molar refractivity (Wildman–Crippen MR) is 137 cm³/mol. The Kier molecular flexibility index (Phi) is 20.9. The Hall–Kier alpha value is -1.89. The fraction of sp³-hybridized carbons (Fsp3) is 0.808. The topological polar surface area (TPSA) is 90.0 Å². The maximum Gasteiger partial charge on any atom is 0.331 e. The van der Waals surface area contributed by atoms with Crippen LogP contribution in [-0.4, -0.2) is 72.0 Å². The van der Waals surface area contributed by atoms with Crippen molar-refractivity contribution in [1.82, 2.24) is 15.1 Å². The van der Waals surface area contributed by atoms with Crippen molar-refractivity contribution >= 4 is 18.3 Å². The molecule has 0 aromatic heterocycles. The number of hydrogen-bond acceptors (Lipinski definition) is 4. The van der Waals surface area contributed by atoms with Crippen molar-refractivity contribution in [3.63, 3.8) is 0 Å². The van der Waals surface area contributed by atoms with Crippen LogP contribution in [0.5, 0.6) is 0 Å². The molecule has 0 bridgehead atoms. The summed E-state index contributed by atoms with van der Waals surface area (Å²) in [5.41, 5.74) is 0.191. The molecule has 1 aliphatic rings. The first kappa shape index (κ1) is 33.3. The van der Waals surface area contributed by atoms with Crippen molar-refractivity contribution in [2.24, 2.45) is 5.92 Å². The molecule has 7 heteroatoms. The van der Waals surface area contributed by atoms with Gasteiger partial charge in [0.25, 0.3) is 0 Å². The zero-order valence-electron chi connectivity index (χ0n) is 22.5. The standard InChI is InChI=1S/C12H20N2O4.C11H23N.C3H8/c1-8(2)10(5-9(3)12(17)18)14(4)11(16)6-13-7-15;1-3-4-8-11(2)12-9-6-5-7-10-12;1-3-2/h5,7-8,10H,6H2,1-4H3,(H,13,15)(H,17,18);11H,3-10H2,1-2H3;3H2,1-2H3/b9-5+;;/t10-;;/m1../s1. The Morgan fingerprint density at radius 1 is 1.09 bits per heavy atom. The summed E-state index contributed by atoms with van der Waals surface area (Å²) in [5, 5.41) is 11.1. The number of nitrogens with zero attached hydrogens (tertiary/aromatic N) is 2. The number of carboxylic acids is 1. The van der Waals surface area contributed by atoms with Gasteiger partial charge in [-0.2, -0.15) is 0 Å². The van der Waals surface area contributed by atoms with Gasteiger partial charge in [-0.1, -0.05) is 66.4 Å². The van der Waals surface area contributed by atoms with Crippen LogP contribution in [-0.2, 0) is 14.4 Å². The van der Waals surface area contributed by atoms with Gasteiger partial charge in [-0.15, -0.1) is 0 Å². The summed E-state index contributed by atoms with van der Waals surface area (Å²) in [5.74, 6) is -1.20. The minimum Gasteiger partial charge on any atom is -0.478 e. The quantitative estimate of drug-likeness (QED) is 0.338. The summed E-state index contributed by atoms with van der Waals surface area (Å²) in [6, 6.07) is 0.521. The number of amides is 2. The average molecular weight is 470 g/mol. The van der Waals surface area contributed by atoms with E-state index in [4.69, 9.17) is 5.11 Å². The van der Waals surface area contributed by atoms with Crippen molar-refractivity contribution in [2.75, 3.05) is 26.7 Å². The smallest absolute Gasteiger partial charge is 0.331 e. The van der Waals surface area contributed by atoms with Crippen LogP contribution in [0.15, 0.2) is 11.6 Å². The molecule has 2 amide bonds. The van der Waals surface area contributed by atoms with E-state index in [9.17, 15) is 14.4 Å². The number of carbonyl (C=O) groups is 3. The van der Waals surface area contributed by atoms with Crippen LogP contribution in [0.1, 0.15) is 93.4 Å². The maximum atomic E-state index is 11.7. The molecule has 1 rings (SSSR count). The molecule has 1 saturated heterocycles. The third kappa shape index (κ3) is 16.4. The van der Waals surface area contributed by atoms with E-state index in [1.807, 2.05) is 13.8 Å². The first-order valence-corrected chi connectivity index (χ1v) is 12.6. The van der Waals surface area contributed by atoms with Crippen LogP contribution in [0.4, 0.5) is 0 Å². The monoisotopic (exact) mass is 469 g/mol. The molecular weight excluding hydrogens is 418 g/mol. The molecule has 0 saturated carbocycles. The Labute approximate surface area is 203 Å². The SMILES string of the molecule is C/C(=C\[C@H](C(C)C)N(C)C(=O)CNC=O)C(=O)O.CCC.CCCCC(C)N1CCCCC1. The summed E-state index contributed by atoms with van der Waals surface area (Å²) >= 11 is 0. The summed E-state index contributed by atoms with van der Waals surface area (Å²) in [6.45, 7) is 16.8. The molecule has 194 valence electrons. The van der Waals surface area contributed by atoms with Crippen LogP contribution in [0, 0.1) is 5.92 Å². The van der Waals surface area contributed by atoms with Crippen molar-refractivity contribution in [1.29, 1.82) is 0 Å². The highest BCUT2D eigenvalue weighted by Crippen LogP contribution is 2.15. The second-order valence-electron chi connectivity index (χ2n) is 9.19. The molecule has 1 aliphatic heterocycles. The number of likely N-dealkylation sites (tertiary alicyclic amines) is 1. The van der Waals surface area contributed by atoms with E-state index in [-0.39, 0.29) is 30.0 Å². The van der Waals surface area contributed by atoms with Gasteiger partial charge in [0.2, 0.25) is 12.3 Å². The number of aliphatic carboxylic acids is 1. The fourth-order valence-electron chi connectivity index (χ4n) is 3.54. The minimum absolute atomic E-state index is 0.0736. The molecule has 33 heavy (non-hydrogen) atoms. The van der Waals surface area contributed by atoms with E-state index in [0.717, 1.165) is 6.04 Å². The summed E-state index contributed by atoms with van der Waals surface area (Å²) in [6.07, 6.45) is 11.7. The molecule has 2 atom stereocenters. The average Bonchev–Trinajstić information content (AvgIpc) is 2.79. The van der Waals surface area contributed by atoms with Crippen LogP contribution in [0.3, 0.4) is 0 Å². The van der Waals surface area contributed by atoms with Gasteiger partial charge in [-0.05, 0) is 52.1 Å². The van der Waals surface area contributed by atoms with Crippen molar-refractivity contribution in [2.45, 2.75) is 105 Å². The molecule has 1 heterocycles. The highest BCUT2D eigenvalue weighted by Gasteiger charge is 2.21. The number of carbonyl (C=O) groups excluding carboxylic acids is 2. The highest BCUT2D eigenvalue weighted by atomic mass is 16.4. The zero-order valence-corrected chi connectivity index (χ0v) is 22.5. The lowest BCUT2D eigenvalue weighted by Crippen LogP contribution is -2.43. The molecule has 0 aromatic rings. The number of nitrogens with one attached hydrogen (secondary N) is 1. The number of likely N-dealkylation sites (N-methyl/N-ethyl adjacent to an activating group) is 1. The Balaban J connectivity index is 0. The number of hydrogen-bond donors (Lipinski definition) is 2. The molecule has 0 aromatic carbocycles. The first-order chi connectivity index (χ1) is 15.6. The van der Waals surface area contributed by atoms with E-state index in [1.165, 1.54) is 69.9 Å². The fourth-order valence-corrected chi connectivity index (χ4v) is 3.54. The maximum absolute atomic E-state index is 11.7. The van der Waals surface area contributed by atoms with Gasteiger partial charge in [0.15, 0.2) is 0 Å². The molecular formula is C26H51N3O4. The second-order valence-corrected chi connectivity index (χ2v) is 9.19. The van der Waals surface area contributed by atoms with E-state index < -0.39 is 5.97 Å². The summed E-state index contributed by atoms with van der Waals surface area (Å²) < 4.78 is 0. The van der Waals surface area contributed by atoms with Gasteiger partial charge in [0, 0.05) is 18.7 Å². The van der Waals surface area contributed by atoms with Crippen LogP contribution < -0.4 is 5.32 Å². The molecule has 7 nitrogen and oxygen atoms in total. The van der Waals surface area contributed by atoms with Crippen molar-refractivity contribution in [3.8, 4) is 0 Å². The Morgan fingerprint density at radius 2 is 1.64 bits per heavy atom. The lowest BCUT2D eigenvalue weighted by Gasteiger charge is -2.32. The van der Waals surface area contributed by atoms with Gasteiger partial charge in [-0.25, -0.2) is 4.79 Å². The van der Waals surface area contributed by atoms with Gasteiger partial charge in [0.1, 0.15) is 0 Å². The van der Waals surface area contributed by atoms with Crippen LogP contribution in [0.2, 0.25) is 0 Å². The Bertz CT molecular complexity index is 558. The number of unbranched alkanes of at least 4 members (excludes halogenated alkanes) is 1. The minimum atomic E-state index is -1.01. The van der Waals surface area contributed by atoms with E-state index in [1.54, 1.807) is 13.1 Å². The normalized spacial score (nSPS) is 15.8. The van der Waals surface area contributed by atoms with Crippen LogP contribution in [0.25, 0.3) is 0 Å². The number of piperidine rings is 1. The van der Waals surface area contributed by atoms with Crippen molar-refractivity contribution < 1.29 is 19.5 Å². The van der Waals surface area contributed by atoms with E-state index in [0.29, 0.717) is 6.41 Å². The highest BCUT2D eigenvalue weighted by molar-refractivity contribution is 5.86. The number of carboxylic acid groups (broad SMARTS) is 1. The van der Waals surface area contributed by atoms with E-state index >= 15 is 0 Å². The largest absolute Gasteiger partial charge is 0.478 e. The Morgan fingerprint density at radius 3 is 2.06 bits per heavy atom. The summed E-state index contributed by atoms with van der Waals surface area (Å²) in [4.78, 5) is 36.8. The molecule has 2 N–H and O–H groups in total. The van der Waals surface area contributed by atoms with Gasteiger partial charge < -0.3 is 20.2 Å². The third-order valence-electron chi connectivity index (χ3n) is 5.61. The predicted octanol–water partition coefficient (Wildman–Crippen LogP) is 4.71. The number of rotatable bonds is 11. The van der Waals surface area contributed by atoms with Gasteiger partial charge in [-0.3, -0.25) is 9.59 Å². The van der Waals surface area contributed by atoms with Gasteiger partial charge in [0.05, 0.1) is 12.6 Å².